The Labute approximate surface area is 142 Å². The van der Waals surface area contributed by atoms with Gasteiger partial charge in [-0.2, -0.15) is 5.10 Å². The number of piperidine rings is 1. The first-order valence-electron chi connectivity index (χ1n) is 7.61. The lowest BCUT2D eigenvalue weighted by atomic mass is 10.0. The number of hydrogen-bond acceptors (Lipinski definition) is 4. The minimum atomic E-state index is 0. The molecule has 1 aliphatic heterocycles. The minimum Gasteiger partial charge on any atom is -0.337 e. The quantitative estimate of drug-likeness (QED) is 0.929. The summed E-state index contributed by atoms with van der Waals surface area (Å²) in [5, 5.41) is 7.40. The Hall–Kier alpha value is -1.92. The Morgan fingerprint density at radius 3 is 2.87 bits per heavy atom. The number of likely N-dealkylation sites (N-methyl/N-ethyl adjacent to an activating group) is 1. The summed E-state index contributed by atoms with van der Waals surface area (Å²) in [4.78, 5) is 18.6. The summed E-state index contributed by atoms with van der Waals surface area (Å²) < 4.78 is 1.71. The highest BCUT2D eigenvalue weighted by molar-refractivity contribution is 5.94. The molecule has 1 saturated heterocycles. The number of likely N-dealkylation sites (tertiary alicyclic amines) is 1. The van der Waals surface area contributed by atoms with Gasteiger partial charge in [-0.3, -0.25) is 4.79 Å². The van der Waals surface area contributed by atoms with Crippen molar-refractivity contribution in [3.63, 3.8) is 0 Å². The van der Waals surface area contributed by atoms with Crippen LogP contribution in [-0.2, 0) is 0 Å². The zero-order chi connectivity index (χ0) is 15.5. The first-order valence-corrected chi connectivity index (χ1v) is 7.61. The Kier molecular flexibility index (Phi) is 5.74. The van der Waals surface area contributed by atoms with Crippen molar-refractivity contribution in [3.05, 3.63) is 42.0 Å². The van der Waals surface area contributed by atoms with Gasteiger partial charge in [-0.15, -0.1) is 12.4 Å². The average molecular weight is 336 g/mol. The number of nitrogens with zero attached hydrogens (tertiary/aromatic N) is 4. The lowest BCUT2D eigenvalue weighted by Crippen LogP contribution is -2.46. The van der Waals surface area contributed by atoms with Gasteiger partial charge in [-0.05, 0) is 50.6 Å². The molecule has 0 spiro atoms. The number of amides is 1. The van der Waals surface area contributed by atoms with Crippen molar-refractivity contribution < 1.29 is 4.79 Å². The van der Waals surface area contributed by atoms with Crippen molar-refractivity contribution in [2.75, 3.05) is 20.1 Å². The molecule has 2 heterocycles. The van der Waals surface area contributed by atoms with E-state index in [-0.39, 0.29) is 18.3 Å². The largest absolute Gasteiger partial charge is 0.337 e. The summed E-state index contributed by atoms with van der Waals surface area (Å²) in [5.41, 5.74) is 2.69. The van der Waals surface area contributed by atoms with Crippen LogP contribution in [0, 0.1) is 6.92 Å². The second kappa shape index (κ2) is 7.57. The predicted molar refractivity (Wildman–Crippen MR) is 91.3 cm³/mol. The van der Waals surface area contributed by atoms with Gasteiger partial charge in [0, 0.05) is 24.7 Å². The molecule has 1 amide bonds. The van der Waals surface area contributed by atoms with Crippen molar-refractivity contribution in [2.24, 2.45) is 0 Å². The average Bonchev–Trinajstić information content (AvgIpc) is 3.08. The van der Waals surface area contributed by atoms with Gasteiger partial charge in [-0.1, -0.05) is 0 Å². The van der Waals surface area contributed by atoms with E-state index < -0.39 is 0 Å². The van der Waals surface area contributed by atoms with Gasteiger partial charge in [-0.25, -0.2) is 9.67 Å². The minimum absolute atomic E-state index is 0. The zero-order valence-electron chi connectivity index (χ0n) is 13.4. The lowest BCUT2D eigenvalue weighted by molar-refractivity contribution is 0.0698. The van der Waals surface area contributed by atoms with E-state index in [4.69, 9.17) is 0 Å². The summed E-state index contributed by atoms with van der Waals surface area (Å²) in [5.74, 6) is 0.105. The summed E-state index contributed by atoms with van der Waals surface area (Å²) >= 11 is 0. The van der Waals surface area contributed by atoms with Crippen LogP contribution in [0.25, 0.3) is 5.69 Å². The van der Waals surface area contributed by atoms with Gasteiger partial charge in [0.1, 0.15) is 12.7 Å². The SMILES string of the molecule is CNC1CCCN(C(=O)c2ccc(-n3cncn3)c(C)c2)C1.Cl. The molecule has 0 saturated carbocycles. The number of aryl methyl sites for hydroxylation is 1. The molecular formula is C16H22ClN5O. The highest BCUT2D eigenvalue weighted by atomic mass is 35.5. The molecule has 0 bridgehead atoms. The number of carbonyl (C=O) groups is 1. The van der Waals surface area contributed by atoms with E-state index in [1.54, 1.807) is 11.0 Å². The fourth-order valence-corrected chi connectivity index (χ4v) is 2.96. The molecule has 6 nitrogen and oxygen atoms in total. The lowest BCUT2D eigenvalue weighted by Gasteiger charge is -2.32. The third-order valence-electron chi connectivity index (χ3n) is 4.23. The van der Waals surface area contributed by atoms with Crippen LogP contribution in [0.4, 0.5) is 0 Å². The van der Waals surface area contributed by atoms with Crippen molar-refractivity contribution in [1.82, 2.24) is 25.0 Å². The molecule has 7 heteroatoms. The van der Waals surface area contributed by atoms with Crippen molar-refractivity contribution in [2.45, 2.75) is 25.8 Å². The van der Waals surface area contributed by atoms with Crippen LogP contribution in [0.3, 0.4) is 0 Å². The molecule has 1 atom stereocenters. The summed E-state index contributed by atoms with van der Waals surface area (Å²) in [6, 6.07) is 6.13. The van der Waals surface area contributed by atoms with E-state index in [0.717, 1.165) is 42.7 Å². The molecule has 1 unspecified atom stereocenters. The van der Waals surface area contributed by atoms with Crippen LogP contribution in [-0.4, -0.2) is 51.8 Å². The fourth-order valence-electron chi connectivity index (χ4n) is 2.96. The van der Waals surface area contributed by atoms with Gasteiger partial charge in [0.15, 0.2) is 0 Å². The second-order valence-corrected chi connectivity index (χ2v) is 5.72. The van der Waals surface area contributed by atoms with E-state index in [1.807, 2.05) is 37.1 Å². The second-order valence-electron chi connectivity index (χ2n) is 5.72. The Bertz CT molecular complexity index is 658. The Morgan fingerprint density at radius 1 is 1.39 bits per heavy atom. The summed E-state index contributed by atoms with van der Waals surface area (Å²) in [7, 11) is 1.95. The molecule has 1 aliphatic rings. The number of aromatic nitrogens is 3. The number of hydrogen-bond donors (Lipinski definition) is 1. The van der Waals surface area contributed by atoms with Gasteiger partial charge in [0.05, 0.1) is 5.69 Å². The van der Waals surface area contributed by atoms with Gasteiger partial charge in [0.2, 0.25) is 0 Å². The third-order valence-corrected chi connectivity index (χ3v) is 4.23. The molecule has 1 aromatic heterocycles. The van der Waals surface area contributed by atoms with Crippen LogP contribution in [0.1, 0.15) is 28.8 Å². The van der Waals surface area contributed by atoms with E-state index in [1.165, 1.54) is 6.33 Å². The molecule has 23 heavy (non-hydrogen) atoms. The van der Waals surface area contributed by atoms with Crippen LogP contribution < -0.4 is 5.32 Å². The molecule has 1 N–H and O–H groups in total. The number of carbonyl (C=O) groups excluding carboxylic acids is 1. The standard InChI is InChI=1S/C16H21N5O.ClH/c1-12-8-13(5-6-15(12)21-11-18-10-19-21)16(22)20-7-3-4-14(9-20)17-2;/h5-6,8,10-11,14,17H,3-4,7,9H2,1-2H3;1H. The molecular weight excluding hydrogens is 314 g/mol. The predicted octanol–water partition coefficient (Wildman–Crippen LogP) is 1.82. The smallest absolute Gasteiger partial charge is 0.253 e. The number of nitrogens with one attached hydrogen (secondary N) is 1. The van der Waals surface area contributed by atoms with Crippen molar-refractivity contribution >= 4 is 18.3 Å². The van der Waals surface area contributed by atoms with Crippen LogP contribution in [0.15, 0.2) is 30.9 Å². The van der Waals surface area contributed by atoms with Gasteiger partial charge < -0.3 is 10.2 Å². The zero-order valence-corrected chi connectivity index (χ0v) is 14.2. The molecule has 1 aromatic carbocycles. The number of halogens is 1. The highest BCUT2D eigenvalue weighted by Crippen LogP contribution is 2.18. The fraction of sp³-hybridized carbons (Fsp3) is 0.438. The normalized spacial score (nSPS) is 17.7. The molecule has 0 aliphatic carbocycles. The van der Waals surface area contributed by atoms with E-state index in [0.29, 0.717) is 6.04 Å². The maximum Gasteiger partial charge on any atom is 0.253 e. The van der Waals surface area contributed by atoms with E-state index in [2.05, 4.69) is 15.4 Å². The third kappa shape index (κ3) is 3.71. The first kappa shape index (κ1) is 17.4. The van der Waals surface area contributed by atoms with Crippen LogP contribution in [0.5, 0.6) is 0 Å². The molecule has 2 aromatic rings. The summed E-state index contributed by atoms with van der Waals surface area (Å²) in [6.07, 6.45) is 5.34. The maximum absolute atomic E-state index is 12.7. The molecule has 1 fully saturated rings. The van der Waals surface area contributed by atoms with Gasteiger partial charge in [0.25, 0.3) is 5.91 Å². The Morgan fingerprint density at radius 2 is 2.22 bits per heavy atom. The summed E-state index contributed by atoms with van der Waals surface area (Å²) in [6.45, 7) is 3.60. The molecule has 3 rings (SSSR count). The number of rotatable bonds is 3. The van der Waals surface area contributed by atoms with Crippen LogP contribution >= 0.6 is 12.4 Å². The molecule has 0 radical (unpaired) electrons. The van der Waals surface area contributed by atoms with E-state index in [9.17, 15) is 4.79 Å². The van der Waals surface area contributed by atoms with Crippen molar-refractivity contribution in [3.8, 4) is 5.69 Å². The van der Waals surface area contributed by atoms with E-state index >= 15 is 0 Å². The van der Waals surface area contributed by atoms with Crippen molar-refractivity contribution in [1.29, 1.82) is 0 Å². The molecule has 124 valence electrons. The van der Waals surface area contributed by atoms with Crippen LogP contribution in [0.2, 0.25) is 0 Å². The monoisotopic (exact) mass is 335 g/mol. The Balaban J connectivity index is 0.00000192. The first-order chi connectivity index (χ1) is 10.7. The van der Waals surface area contributed by atoms with Gasteiger partial charge >= 0.3 is 0 Å². The highest BCUT2D eigenvalue weighted by Gasteiger charge is 2.23. The topological polar surface area (TPSA) is 63.1 Å². The number of benzene rings is 1. The maximum atomic E-state index is 12.7.